The summed E-state index contributed by atoms with van der Waals surface area (Å²) >= 11 is 5.17. The van der Waals surface area contributed by atoms with E-state index < -0.39 is 15.9 Å². The number of rotatable bonds is 7. The Labute approximate surface area is 204 Å². The normalized spacial score (nSPS) is 11.1. The lowest BCUT2D eigenvalue weighted by Gasteiger charge is -2.11. The Hall–Kier alpha value is -3.69. The maximum atomic E-state index is 12.7. The molecule has 0 aliphatic rings. The standard InChI is InChI=1S/C25H25N3O4S2/c1-17-14-18(2)16-21(15-17)28-34(30,31)23-11-7-20(8-12-23)26-25(33)27-24(29)13-6-19-4-9-22(32-3)10-5-19/h4-16,28H,1-3H3,(H2,26,27,29,33)/b13-6+. The van der Waals surface area contributed by atoms with E-state index in [0.717, 1.165) is 22.4 Å². The van der Waals surface area contributed by atoms with Crippen molar-refractivity contribution in [3.8, 4) is 5.75 Å². The molecule has 0 saturated carbocycles. The second-order valence-corrected chi connectivity index (χ2v) is 9.65. The van der Waals surface area contributed by atoms with Crippen molar-refractivity contribution in [1.82, 2.24) is 5.32 Å². The fourth-order valence-corrected chi connectivity index (χ4v) is 4.43. The Morgan fingerprint density at radius 3 is 2.12 bits per heavy atom. The molecule has 0 saturated heterocycles. The summed E-state index contributed by atoms with van der Waals surface area (Å²) in [5.74, 6) is 0.331. The Kier molecular flexibility index (Phi) is 8.04. The first kappa shape index (κ1) is 24.9. The van der Waals surface area contributed by atoms with Crippen molar-refractivity contribution in [2.24, 2.45) is 0 Å². The molecule has 176 valence electrons. The van der Waals surface area contributed by atoms with Crippen LogP contribution in [-0.4, -0.2) is 26.5 Å². The lowest BCUT2D eigenvalue weighted by Crippen LogP contribution is -2.32. The van der Waals surface area contributed by atoms with Gasteiger partial charge in [0, 0.05) is 17.5 Å². The molecule has 3 aromatic carbocycles. The van der Waals surface area contributed by atoms with Gasteiger partial charge in [-0.25, -0.2) is 8.42 Å². The van der Waals surface area contributed by atoms with Gasteiger partial charge in [0.2, 0.25) is 5.91 Å². The van der Waals surface area contributed by atoms with Gasteiger partial charge in [0.1, 0.15) is 5.75 Å². The van der Waals surface area contributed by atoms with Crippen LogP contribution in [0.1, 0.15) is 16.7 Å². The SMILES string of the molecule is COc1ccc(/C=C/C(=O)NC(=S)Nc2ccc(S(=O)(=O)Nc3cc(C)cc(C)c3)cc2)cc1. The van der Waals surface area contributed by atoms with Crippen LogP contribution < -0.4 is 20.1 Å². The van der Waals surface area contributed by atoms with E-state index in [1.807, 2.05) is 32.0 Å². The summed E-state index contributed by atoms with van der Waals surface area (Å²) in [5.41, 5.74) is 3.81. The minimum Gasteiger partial charge on any atom is -0.497 e. The first-order valence-corrected chi connectivity index (χ1v) is 12.2. The molecule has 0 aliphatic heterocycles. The molecule has 0 heterocycles. The molecule has 7 nitrogen and oxygen atoms in total. The highest BCUT2D eigenvalue weighted by Gasteiger charge is 2.14. The largest absolute Gasteiger partial charge is 0.497 e. The number of carbonyl (C=O) groups is 1. The first-order chi connectivity index (χ1) is 16.1. The predicted octanol–water partition coefficient (Wildman–Crippen LogP) is 4.64. The van der Waals surface area contributed by atoms with Gasteiger partial charge < -0.3 is 10.1 Å². The van der Waals surface area contributed by atoms with E-state index in [2.05, 4.69) is 15.4 Å². The number of hydrogen-bond donors (Lipinski definition) is 3. The molecule has 0 bridgehead atoms. The monoisotopic (exact) mass is 495 g/mol. The maximum absolute atomic E-state index is 12.7. The molecular formula is C25H25N3O4S2. The van der Waals surface area contributed by atoms with Crippen LogP contribution >= 0.6 is 12.2 Å². The van der Waals surface area contributed by atoms with E-state index in [0.29, 0.717) is 11.4 Å². The second kappa shape index (κ2) is 11.0. The molecule has 34 heavy (non-hydrogen) atoms. The highest BCUT2D eigenvalue weighted by molar-refractivity contribution is 7.92. The van der Waals surface area contributed by atoms with Crippen molar-refractivity contribution in [1.29, 1.82) is 0 Å². The fraction of sp³-hybridized carbons (Fsp3) is 0.120. The summed E-state index contributed by atoms with van der Waals surface area (Å²) in [7, 11) is -2.16. The molecule has 0 radical (unpaired) electrons. The molecule has 3 rings (SSSR count). The Morgan fingerprint density at radius 2 is 1.53 bits per heavy atom. The van der Waals surface area contributed by atoms with Gasteiger partial charge in [-0.1, -0.05) is 18.2 Å². The van der Waals surface area contributed by atoms with Gasteiger partial charge in [-0.15, -0.1) is 0 Å². The van der Waals surface area contributed by atoms with Crippen LogP contribution in [0.3, 0.4) is 0 Å². The number of benzene rings is 3. The maximum Gasteiger partial charge on any atom is 0.261 e. The van der Waals surface area contributed by atoms with Crippen LogP contribution in [0.2, 0.25) is 0 Å². The number of ether oxygens (including phenoxy) is 1. The smallest absolute Gasteiger partial charge is 0.261 e. The van der Waals surface area contributed by atoms with Gasteiger partial charge in [-0.3, -0.25) is 14.8 Å². The number of amides is 1. The highest BCUT2D eigenvalue weighted by atomic mass is 32.2. The molecule has 3 aromatic rings. The summed E-state index contributed by atoms with van der Waals surface area (Å²) in [6, 6.07) is 18.8. The van der Waals surface area contributed by atoms with Gasteiger partial charge in [0.15, 0.2) is 5.11 Å². The van der Waals surface area contributed by atoms with E-state index in [-0.39, 0.29) is 10.0 Å². The average Bonchev–Trinajstić information content (AvgIpc) is 2.77. The summed E-state index contributed by atoms with van der Waals surface area (Å²) in [5, 5.41) is 5.50. The molecule has 1 amide bonds. The quantitative estimate of drug-likeness (QED) is 0.326. The molecule has 0 aromatic heterocycles. The highest BCUT2D eigenvalue weighted by Crippen LogP contribution is 2.20. The van der Waals surface area contributed by atoms with Gasteiger partial charge >= 0.3 is 0 Å². The fourth-order valence-electron chi connectivity index (χ4n) is 3.17. The third-order valence-corrected chi connectivity index (χ3v) is 6.28. The zero-order chi connectivity index (χ0) is 24.7. The minimum atomic E-state index is -3.75. The molecule has 0 atom stereocenters. The van der Waals surface area contributed by atoms with Crippen molar-refractivity contribution >= 4 is 50.7 Å². The zero-order valence-corrected chi connectivity index (χ0v) is 20.6. The third kappa shape index (κ3) is 7.16. The third-order valence-electron chi connectivity index (χ3n) is 4.68. The summed E-state index contributed by atoms with van der Waals surface area (Å²) in [6.45, 7) is 3.81. The van der Waals surface area contributed by atoms with Gasteiger partial charge in [0.25, 0.3) is 10.0 Å². The van der Waals surface area contributed by atoms with Crippen LogP contribution in [0, 0.1) is 13.8 Å². The Morgan fingerprint density at radius 1 is 0.912 bits per heavy atom. The topological polar surface area (TPSA) is 96.5 Å². The molecule has 3 N–H and O–H groups in total. The van der Waals surface area contributed by atoms with E-state index in [1.165, 1.54) is 18.2 Å². The molecule has 0 spiro atoms. The van der Waals surface area contributed by atoms with Gasteiger partial charge in [-0.05, 0) is 97.4 Å². The number of aryl methyl sites for hydroxylation is 2. The Balaban J connectivity index is 1.57. The van der Waals surface area contributed by atoms with Crippen LogP contribution in [0.5, 0.6) is 5.75 Å². The number of sulfonamides is 1. The summed E-state index contributed by atoms with van der Waals surface area (Å²) in [4.78, 5) is 12.2. The number of methoxy groups -OCH3 is 1. The Bertz CT molecular complexity index is 1300. The lowest BCUT2D eigenvalue weighted by atomic mass is 10.1. The van der Waals surface area contributed by atoms with Crippen molar-refractivity contribution in [2.75, 3.05) is 17.1 Å². The number of hydrogen-bond acceptors (Lipinski definition) is 5. The average molecular weight is 496 g/mol. The molecular weight excluding hydrogens is 470 g/mol. The summed E-state index contributed by atoms with van der Waals surface area (Å²) in [6.07, 6.45) is 3.02. The number of nitrogens with one attached hydrogen (secondary N) is 3. The van der Waals surface area contributed by atoms with Crippen LogP contribution in [0.4, 0.5) is 11.4 Å². The predicted molar refractivity (Wildman–Crippen MR) is 140 cm³/mol. The number of thiocarbonyl (C=S) groups is 1. The van der Waals surface area contributed by atoms with Crippen LogP contribution in [0.25, 0.3) is 6.08 Å². The van der Waals surface area contributed by atoms with Crippen LogP contribution in [-0.2, 0) is 14.8 Å². The van der Waals surface area contributed by atoms with E-state index in [1.54, 1.807) is 49.6 Å². The van der Waals surface area contributed by atoms with Crippen molar-refractivity contribution in [3.05, 3.63) is 89.5 Å². The summed E-state index contributed by atoms with van der Waals surface area (Å²) < 4.78 is 33.1. The number of anilines is 2. The van der Waals surface area contributed by atoms with Crippen molar-refractivity contribution in [3.63, 3.8) is 0 Å². The zero-order valence-electron chi connectivity index (χ0n) is 19.0. The molecule has 0 aliphatic carbocycles. The van der Waals surface area contributed by atoms with Crippen LogP contribution in [0.15, 0.2) is 77.7 Å². The van der Waals surface area contributed by atoms with Gasteiger partial charge in [0.05, 0.1) is 12.0 Å². The van der Waals surface area contributed by atoms with E-state index in [4.69, 9.17) is 17.0 Å². The second-order valence-electron chi connectivity index (χ2n) is 7.56. The van der Waals surface area contributed by atoms with Crippen molar-refractivity contribution < 1.29 is 17.9 Å². The molecule has 9 heteroatoms. The van der Waals surface area contributed by atoms with Gasteiger partial charge in [-0.2, -0.15) is 0 Å². The van der Waals surface area contributed by atoms with E-state index in [9.17, 15) is 13.2 Å². The number of carbonyl (C=O) groups excluding carboxylic acids is 1. The minimum absolute atomic E-state index is 0.0911. The first-order valence-electron chi connectivity index (χ1n) is 10.3. The molecule has 0 fully saturated rings. The van der Waals surface area contributed by atoms with Crippen molar-refractivity contribution in [2.45, 2.75) is 18.7 Å². The molecule has 0 unspecified atom stereocenters. The van der Waals surface area contributed by atoms with E-state index >= 15 is 0 Å². The lowest BCUT2D eigenvalue weighted by molar-refractivity contribution is -0.115.